The predicted molar refractivity (Wildman–Crippen MR) is 85.3 cm³/mol. The van der Waals surface area contributed by atoms with Gasteiger partial charge in [0.15, 0.2) is 0 Å². The molecule has 0 bridgehead atoms. The minimum absolute atomic E-state index is 0.00842. The molecule has 4 nitrogen and oxygen atoms in total. The SMILES string of the molecule is COc1ccccc1[C@H]1NC(=O)c2cccc3c2N1CCC3. The molecule has 0 unspecified atom stereocenters. The number of benzene rings is 2. The first-order chi connectivity index (χ1) is 10.8. The Morgan fingerprint density at radius 3 is 2.91 bits per heavy atom. The quantitative estimate of drug-likeness (QED) is 0.926. The van der Waals surface area contributed by atoms with Crippen molar-refractivity contribution in [2.24, 2.45) is 0 Å². The van der Waals surface area contributed by atoms with Gasteiger partial charge in [0.2, 0.25) is 0 Å². The number of carbonyl (C=O) groups is 1. The monoisotopic (exact) mass is 294 g/mol. The molecule has 1 N–H and O–H groups in total. The zero-order valence-electron chi connectivity index (χ0n) is 12.5. The van der Waals surface area contributed by atoms with Crippen LogP contribution in [0.3, 0.4) is 0 Å². The van der Waals surface area contributed by atoms with Gasteiger partial charge in [0.25, 0.3) is 5.91 Å². The first kappa shape index (κ1) is 13.2. The van der Waals surface area contributed by atoms with Crippen LogP contribution >= 0.6 is 0 Å². The summed E-state index contributed by atoms with van der Waals surface area (Å²) in [6.07, 6.45) is 1.96. The average molecular weight is 294 g/mol. The maximum absolute atomic E-state index is 12.5. The number of anilines is 1. The normalized spacial score (nSPS) is 19.4. The molecule has 22 heavy (non-hydrogen) atoms. The largest absolute Gasteiger partial charge is 0.496 e. The van der Waals surface area contributed by atoms with Crippen LogP contribution in [0.25, 0.3) is 0 Å². The van der Waals surface area contributed by atoms with Gasteiger partial charge < -0.3 is 15.0 Å². The van der Waals surface area contributed by atoms with E-state index in [1.54, 1.807) is 7.11 Å². The third-order valence-corrected chi connectivity index (χ3v) is 4.51. The molecule has 1 atom stereocenters. The highest BCUT2D eigenvalue weighted by atomic mass is 16.5. The molecule has 0 radical (unpaired) electrons. The summed E-state index contributed by atoms with van der Waals surface area (Å²) in [5.74, 6) is 0.796. The van der Waals surface area contributed by atoms with E-state index >= 15 is 0 Å². The Morgan fingerprint density at radius 2 is 2.05 bits per heavy atom. The van der Waals surface area contributed by atoms with Crippen molar-refractivity contribution >= 4 is 11.6 Å². The second-order valence-corrected chi connectivity index (χ2v) is 5.73. The van der Waals surface area contributed by atoms with Gasteiger partial charge in [-0.05, 0) is 30.5 Å². The van der Waals surface area contributed by atoms with E-state index in [1.807, 2.05) is 36.4 Å². The zero-order valence-corrected chi connectivity index (χ0v) is 12.5. The summed E-state index contributed by atoms with van der Waals surface area (Å²) >= 11 is 0. The van der Waals surface area contributed by atoms with Crippen LogP contribution < -0.4 is 15.0 Å². The summed E-state index contributed by atoms with van der Waals surface area (Å²) in [5.41, 5.74) is 4.14. The lowest BCUT2D eigenvalue weighted by Gasteiger charge is -2.43. The van der Waals surface area contributed by atoms with E-state index in [2.05, 4.69) is 16.3 Å². The Labute approximate surface area is 129 Å². The number of aryl methyl sites for hydroxylation is 1. The number of carbonyl (C=O) groups excluding carboxylic acids is 1. The van der Waals surface area contributed by atoms with Crippen LogP contribution in [0.1, 0.15) is 34.1 Å². The number of hydrogen-bond donors (Lipinski definition) is 1. The molecule has 1 amide bonds. The molecule has 2 aliphatic heterocycles. The molecule has 4 heteroatoms. The van der Waals surface area contributed by atoms with Crippen molar-refractivity contribution in [3.63, 3.8) is 0 Å². The third-order valence-electron chi connectivity index (χ3n) is 4.51. The first-order valence-electron chi connectivity index (χ1n) is 7.62. The molecule has 112 valence electrons. The van der Waals surface area contributed by atoms with Crippen LogP contribution in [-0.2, 0) is 6.42 Å². The Balaban J connectivity index is 1.87. The smallest absolute Gasteiger partial charge is 0.255 e. The molecule has 0 aromatic heterocycles. The number of rotatable bonds is 2. The number of hydrogen-bond acceptors (Lipinski definition) is 3. The fraction of sp³-hybridized carbons (Fsp3) is 0.278. The minimum Gasteiger partial charge on any atom is -0.496 e. The Hall–Kier alpha value is -2.49. The van der Waals surface area contributed by atoms with Crippen molar-refractivity contribution in [3.05, 3.63) is 59.2 Å². The standard InChI is InChI=1S/C18H18N2O2/c1-22-15-10-3-2-8-13(15)17-19-18(21)14-9-4-6-12-7-5-11-20(17)16(12)14/h2-4,6,8-10,17H,5,7,11H2,1H3,(H,19,21)/t17-/m0/s1. The fourth-order valence-electron chi connectivity index (χ4n) is 3.54. The summed E-state index contributed by atoms with van der Waals surface area (Å²) < 4.78 is 5.48. The summed E-state index contributed by atoms with van der Waals surface area (Å²) in [7, 11) is 1.67. The van der Waals surface area contributed by atoms with Crippen molar-refractivity contribution in [2.45, 2.75) is 19.0 Å². The zero-order chi connectivity index (χ0) is 15.1. The van der Waals surface area contributed by atoms with Gasteiger partial charge in [-0.2, -0.15) is 0 Å². The molecule has 2 aromatic rings. The lowest BCUT2D eigenvalue weighted by atomic mass is 9.93. The molecule has 0 aliphatic carbocycles. The third kappa shape index (κ3) is 1.87. The Kier molecular flexibility index (Phi) is 3.03. The van der Waals surface area contributed by atoms with Crippen molar-refractivity contribution in [1.29, 1.82) is 0 Å². The van der Waals surface area contributed by atoms with E-state index < -0.39 is 0 Å². The van der Waals surface area contributed by atoms with Gasteiger partial charge in [-0.25, -0.2) is 0 Å². The molecule has 0 spiro atoms. The van der Waals surface area contributed by atoms with Crippen LogP contribution in [0.2, 0.25) is 0 Å². The van der Waals surface area contributed by atoms with Gasteiger partial charge in [-0.3, -0.25) is 4.79 Å². The van der Waals surface area contributed by atoms with Crippen molar-refractivity contribution in [3.8, 4) is 5.75 Å². The highest BCUT2D eigenvalue weighted by Crippen LogP contribution is 2.40. The summed E-state index contributed by atoms with van der Waals surface area (Å²) in [6.45, 7) is 0.938. The van der Waals surface area contributed by atoms with Crippen LogP contribution in [0.4, 0.5) is 5.69 Å². The van der Waals surface area contributed by atoms with Crippen molar-refractivity contribution in [2.75, 3.05) is 18.6 Å². The van der Waals surface area contributed by atoms with Crippen molar-refractivity contribution in [1.82, 2.24) is 5.32 Å². The topological polar surface area (TPSA) is 41.6 Å². The van der Waals surface area contributed by atoms with Crippen LogP contribution in [-0.4, -0.2) is 19.6 Å². The molecule has 0 fully saturated rings. The van der Waals surface area contributed by atoms with Crippen LogP contribution in [0.15, 0.2) is 42.5 Å². The van der Waals surface area contributed by atoms with E-state index in [0.717, 1.165) is 42.0 Å². The van der Waals surface area contributed by atoms with E-state index in [4.69, 9.17) is 4.74 Å². The number of nitrogens with one attached hydrogen (secondary N) is 1. The van der Waals surface area contributed by atoms with E-state index in [9.17, 15) is 4.79 Å². The maximum atomic E-state index is 12.5. The highest BCUT2D eigenvalue weighted by Gasteiger charge is 2.36. The van der Waals surface area contributed by atoms with Crippen LogP contribution in [0.5, 0.6) is 5.75 Å². The molecular weight excluding hydrogens is 276 g/mol. The van der Waals surface area contributed by atoms with E-state index in [-0.39, 0.29) is 12.1 Å². The van der Waals surface area contributed by atoms with Gasteiger partial charge in [0.1, 0.15) is 11.9 Å². The molecule has 2 heterocycles. The van der Waals surface area contributed by atoms with Crippen molar-refractivity contribution < 1.29 is 9.53 Å². The summed E-state index contributed by atoms with van der Waals surface area (Å²) in [5, 5.41) is 3.13. The number of ether oxygens (including phenoxy) is 1. The van der Waals surface area contributed by atoms with E-state index in [0.29, 0.717) is 0 Å². The Bertz CT molecular complexity index is 742. The van der Waals surface area contributed by atoms with E-state index in [1.165, 1.54) is 5.56 Å². The maximum Gasteiger partial charge on any atom is 0.255 e. The second-order valence-electron chi connectivity index (χ2n) is 5.73. The van der Waals surface area contributed by atoms with Gasteiger partial charge in [-0.1, -0.05) is 30.3 Å². The number of amides is 1. The number of nitrogens with zero attached hydrogens (tertiary/aromatic N) is 1. The predicted octanol–water partition coefficient (Wildman–Crippen LogP) is 2.89. The molecule has 2 aromatic carbocycles. The fourth-order valence-corrected chi connectivity index (χ4v) is 3.54. The molecule has 2 aliphatic rings. The molecule has 0 saturated carbocycles. The number of methoxy groups -OCH3 is 1. The first-order valence-corrected chi connectivity index (χ1v) is 7.62. The highest BCUT2D eigenvalue weighted by molar-refractivity contribution is 6.03. The number of para-hydroxylation sites is 2. The summed E-state index contributed by atoms with van der Waals surface area (Å²) in [6, 6.07) is 13.9. The average Bonchev–Trinajstić information content (AvgIpc) is 2.58. The summed E-state index contributed by atoms with van der Waals surface area (Å²) in [4.78, 5) is 14.8. The lowest BCUT2D eigenvalue weighted by molar-refractivity contribution is 0.0925. The van der Waals surface area contributed by atoms with Crippen LogP contribution in [0, 0.1) is 0 Å². The minimum atomic E-state index is -0.169. The molecule has 0 saturated heterocycles. The van der Waals surface area contributed by atoms with Gasteiger partial charge in [0, 0.05) is 12.1 Å². The van der Waals surface area contributed by atoms with Gasteiger partial charge >= 0.3 is 0 Å². The molecular formula is C18H18N2O2. The lowest BCUT2D eigenvalue weighted by Crippen LogP contribution is -2.48. The van der Waals surface area contributed by atoms with Gasteiger partial charge in [0.05, 0.1) is 18.4 Å². The van der Waals surface area contributed by atoms with Gasteiger partial charge in [-0.15, -0.1) is 0 Å². The Morgan fingerprint density at radius 1 is 1.18 bits per heavy atom. The molecule has 4 rings (SSSR count). The second kappa shape index (κ2) is 5.05.